The van der Waals surface area contributed by atoms with Crippen LogP contribution in [0.25, 0.3) is 0 Å². The molecule has 274 valence electrons. The van der Waals surface area contributed by atoms with Crippen LogP contribution < -0.4 is 0 Å². The SMILES string of the molecule is CC[Si](C)(CC)O[C@H]1C[C@H]2OC[C@@]2(OC(C)=O)C2[C@H](OC(=O)c3ccccc3)[C@]3(O)C[C@H](O)C(C)=C([C@@H](OC(=O)C4CC4)C(=O)[C@@]21C)C3(C)C. The van der Waals surface area contributed by atoms with Crippen LogP contribution in [0.15, 0.2) is 41.5 Å². The van der Waals surface area contributed by atoms with Crippen molar-refractivity contribution in [2.75, 3.05) is 6.61 Å². The van der Waals surface area contributed by atoms with Crippen molar-refractivity contribution in [2.45, 2.75) is 135 Å². The topological polar surface area (TPSA) is 155 Å². The van der Waals surface area contributed by atoms with Gasteiger partial charge in [-0.05, 0) is 68.6 Å². The number of aliphatic hydroxyl groups is 2. The summed E-state index contributed by atoms with van der Waals surface area (Å²) in [6.07, 6.45) is -4.69. The van der Waals surface area contributed by atoms with E-state index in [2.05, 4.69) is 20.4 Å². The molecule has 2 bridgehead atoms. The van der Waals surface area contributed by atoms with Crippen LogP contribution >= 0.6 is 0 Å². The third-order valence-electron chi connectivity index (χ3n) is 13.0. The van der Waals surface area contributed by atoms with Gasteiger partial charge in [-0.25, -0.2) is 4.79 Å². The molecule has 0 radical (unpaired) electrons. The number of carbonyl (C=O) groups excluding carboxylic acids is 4. The van der Waals surface area contributed by atoms with Crippen molar-refractivity contribution in [2.24, 2.45) is 22.7 Å². The largest absolute Gasteiger partial charge is 0.455 e. The molecular formula is C38H52O11Si. The van der Waals surface area contributed by atoms with Crippen LogP contribution in [0.3, 0.4) is 0 Å². The summed E-state index contributed by atoms with van der Waals surface area (Å²) >= 11 is 0. The first-order chi connectivity index (χ1) is 23.4. The Kier molecular flexibility index (Phi) is 9.33. The van der Waals surface area contributed by atoms with Crippen LogP contribution in [0.2, 0.25) is 18.6 Å². The van der Waals surface area contributed by atoms with Gasteiger partial charge in [-0.2, -0.15) is 0 Å². The number of ether oxygens (including phenoxy) is 4. The molecule has 2 N–H and O–H groups in total. The van der Waals surface area contributed by atoms with E-state index >= 15 is 4.79 Å². The lowest BCUT2D eigenvalue weighted by atomic mass is 9.44. The summed E-state index contributed by atoms with van der Waals surface area (Å²) in [4.78, 5) is 56.4. The average molecular weight is 713 g/mol. The molecule has 0 aromatic heterocycles. The zero-order chi connectivity index (χ0) is 36.6. The number of carbonyl (C=O) groups is 4. The van der Waals surface area contributed by atoms with E-state index in [9.17, 15) is 24.6 Å². The van der Waals surface area contributed by atoms with Crippen LogP contribution in [0.4, 0.5) is 0 Å². The van der Waals surface area contributed by atoms with Crippen molar-refractivity contribution in [3.05, 3.63) is 47.0 Å². The summed E-state index contributed by atoms with van der Waals surface area (Å²) in [5, 5.41) is 25.0. The highest BCUT2D eigenvalue weighted by atomic mass is 28.4. The molecule has 1 unspecified atom stereocenters. The molecule has 11 nitrogen and oxygen atoms in total. The van der Waals surface area contributed by atoms with E-state index in [4.69, 9.17) is 23.4 Å². The molecule has 0 amide bonds. The molecule has 1 aromatic rings. The number of esters is 3. The smallest absolute Gasteiger partial charge is 0.338 e. The number of fused-ring (bicyclic) bond motifs is 5. The van der Waals surface area contributed by atoms with E-state index < -0.39 is 90.5 Å². The molecule has 6 rings (SSSR count). The normalized spacial score (nSPS) is 37.7. The number of ketones is 1. The number of hydrogen-bond acceptors (Lipinski definition) is 11. The fourth-order valence-corrected chi connectivity index (χ4v) is 11.0. The second-order valence-electron chi connectivity index (χ2n) is 16.1. The van der Waals surface area contributed by atoms with E-state index in [1.807, 2.05) is 0 Å². The number of benzene rings is 1. The van der Waals surface area contributed by atoms with Crippen LogP contribution in [-0.2, 0) is 37.8 Å². The van der Waals surface area contributed by atoms with E-state index in [-0.39, 0.29) is 36.5 Å². The summed E-state index contributed by atoms with van der Waals surface area (Å²) in [6, 6.07) is 9.81. The standard InChI is InChI=1S/C38H52O11Si/c1-9-50(8,10-2)49-26-18-27-37(20-45-27,48-22(4)39)30-32(47-34(43)23-14-12-11-13-15-23)38(44)19-25(40)21(3)28(35(38,5)6)29(31(41)36(26,30)7)46-33(42)24-16-17-24/h11-15,24-27,29-30,32,40,44H,9-10,16-20H2,1-8H3/t25-,26-,27+,29+,30?,32-,36+,37-,38+/m0/s1. The fourth-order valence-electron chi connectivity index (χ4n) is 9.18. The van der Waals surface area contributed by atoms with Crippen molar-refractivity contribution < 1.29 is 52.8 Å². The first kappa shape index (κ1) is 36.9. The minimum atomic E-state index is -2.46. The van der Waals surface area contributed by atoms with E-state index in [1.54, 1.807) is 58.0 Å². The summed E-state index contributed by atoms with van der Waals surface area (Å²) in [7, 11) is -2.46. The molecule has 9 atom stereocenters. The highest BCUT2D eigenvalue weighted by Gasteiger charge is 2.78. The van der Waals surface area contributed by atoms with Crippen LogP contribution in [0, 0.1) is 22.7 Å². The van der Waals surface area contributed by atoms with Gasteiger partial charge in [0.05, 0.1) is 41.6 Å². The molecule has 12 heteroatoms. The predicted octanol–water partition coefficient (Wildman–Crippen LogP) is 4.68. The van der Waals surface area contributed by atoms with Crippen molar-refractivity contribution >= 4 is 32.0 Å². The molecule has 5 aliphatic rings. The van der Waals surface area contributed by atoms with E-state index in [0.29, 0.717) is 18.4 Å². The van der Waals surface area contributed by atoms with E-state index in [1.165, 1.54) is 6.92 Å². The molecule has 0 spiro atoms. The third kappa shape index (κ3) is 5.52. The van der Waals surface area contributed by atoms with Crippen molar-refractivity contribution in [1.82, 2.24) is 0 Å². The Morgan fingerprint density at radius 2 is 1.68 bits per heavy atom. The molecule has 1 heterocycles. The van der Waals surface area contributed by atoms with Gasteiger partial charge in [-0.15, -0.1) is 0 Å². The fraction of sp³-hybridized carbons (Fsp3) is 0.684. The van der Waals surface area contributed by atoms with Gasteiger partial charge < -0.3 is 33.6 Å². The van der Waals surface area contributed by atoms with Crippen molar-refractivity contribution in [3.8, 4) is 0 Å². The molecule has 4 fully saturated rings. The van der Waals surface area contributed by atoms with Gasteiger partial charge in [0, 0.05) is 25.2 Å². The maximum absolute atomic E-state index is 15.8. The van der Waals surface area contributed by atoms with Gasteiger partial charge in [0.15, 0.2) is 25.8 Å². The van der Waals surface area contributed by atoms with Gasteiger partial charge >= 0.3 is 17.9 Å². The van der Waals surface area contributed by atoms with Crippen LogP contribution in [0.5, 0.6) is 0 Å². The first-order valence-electron chi connectivity index (χ1n) is 18.0. The molecule has 1 saturated heterocycles. The van der Waals surface area contributed by atoms with Gasteiger partial charge in [0.2, 0.25) is 0 Å². The lowest BCUT2D eigenvalue weighted by Gasteiger charge is -2.68. The first-order valence-corrected chi connectivity index (χ1v) is 20.8. The maximum atomic E-state index is 15.8. The van der Waals surface area contributed by atoms with Gasteiger partial charge in [0.1, 0.15) is 17.8 Å². The second-order valence-corrected chi connectivity index (χ2v) is 20.7. The Morgan fingerprint density at radius 1 is 1.04 bits per heavy atom. The van der Waals surface area contributed by atoms with Crippen LogP contribution in [-0.4, -0.2) is 90.6 Å². The maximum Gasteiger partial charge on any atom is 0.338 e. The Bertz CT molecular complexity index is 1580. The van der Waals surface area contributed by atoms with Crippen LogP contribution in [0.1, 0.15) is 84.5 Å². The highest BCUT2D eigenvalue weighted by Crippen LogP contribution is 2.65. The molecular weight excluding hydrogens is 660 g/mol. The van der Waals surface area contributed by atoms with Gasteiger partial charge in [-0.3, -0.25) is 14.4 Å². The monoisotopic (exact) mass is 712 g/mol. The predicted molar refractivity (Wildman–Crippen MR) is 183 cm³/mol. The zero-order valence-corrected chi connectivity index (χ0v) is 31.4. The molecule has 50 heavy (non-hydrogen) atoms. The summed E-state index contributed by atoms with van der Waals surface area (Å²) in [6.45, 7) is 14.2. The van der Waals surface area contributed by atoms with Gasteiger partial charge in [0.25, 0.3) is 0 Å². The Balaban J connectivity index is 1.66. The Hall–Kier alpha value is -2.90. The lowest BCUT2D eigenvalue weighted by Crippen LogP contribution is -2.82. The number of aliphatic hydroxyl groups excluding tert-OH is 1. The molecule has 3 saturated carbocycles. The average Bonchev–Trinajstić information content (AvgIpc) is 3.92. The second kappa shape index (κ2) is 12.6. The van der Waals surface area contributed by atoms with Crippen molar-refractivity contribution in [3.63, 3.8) is 0 Å². The number of hydrogen-bond donors (Lipinski definition) is 2. The summed E-state index contributed by atoms with van der Waals surface area (Å²) < 4.78 is 32.1. The molecule has 1 aromatic carbocycles. The minimum Gasteiger partial charge on any atom is -0.455 e. The quantitative estimate of drug-likeness (QED) is 0.159. The van der Waals surface area contributed by atoms with E-state index in [0.717, 1.165) is 12.1 Å². The van der Waals surface area contributed by atoms with Gasteiger partial charge in [-0.1, -0.05) is 45.9 Å². The Morgan fingerprint density at radius 3 is 2.22 bits per heavy atom. The Labute approximate surface area is 295 Å². The molecule has 4 aliphatic carbocycles. The summed E-state index contributed by atoms with van der Waals surface area (Å²) in [5.41, 5.74) is -5.74. The third-order valence-corrected chi connectivity index (χ3v) is 16.8. The van der Waals surface area contributed by atoms with Crippen molar-refractivity contribution in [1.29, 1.82) is 0 Å². The highest BCUT2D eigenvalue weighted by molar-refractivity contribution is 6.72. The number of rotatable bonds is 9. The zero-order valence-electron chi connectivity index (χ0n) is 30.4. The molecule has 1 aliphatic heterocycles. The minimum absolute atomic E-state index is 0.125. The lowest BCUT2D eigenvalue weighted by molar-refractivity contribution is -0.344. The number of Topliss-reactive ketones (excluding diaryl/α,β-unsaturated/α-hetero) is 1. The summed E-state index contributed by atoms with van der Waals surface area (Å²) in [5.74, 6) is -4.01.